The first-order valence-electron chi connectivity index (χ1n) is 11.5. The van der Waals surface area contributed by atoms with E-state index in [9.17, 15) is 22.0 Å². The number of carbonyl (C=O) groups is 1. The zero-order valence-electron chi connectivity index (χ0n) is 19.4. The highest BCUT2D eigenvalue weighted by Gasteiger charge is 2.30. The van der Waals surface area contributed by atoms with E-state index in [0.717, 1.165) is 56.2 Å². The number of carbonyl (C=O) groups excluding carboxylic acids is 1. The van der Waals surface area contributed by atoms with E-state index in [2.05, 4.69) is 4.90 Å². The number of likely N-dealkylation sites (tertiary alicyclic amines) is 1. The second kappa shape index (κ2) is 10.3. The Morgan fingerprint density at radius 3 is 2.49 bits per heavy atom. The number of nitrogens with zero attached hydrogens (tertiary/aromatic N) is 2. The van der Waals surface area contributed by atoms with Crippen molar-refractivity contribution in [3.8, 4) is 11.8 Å². The Hall–Kier alpha value is -3.03. The maximum Gasteiger partial charge on any atom is 0.267 e. The van der Waals surface area contributed by atoms with Crippen LogP contribution in [0.5, 0.6) is 5.75 Å². The molecule has 7 nitrogen and oxygen atoms in total. The van der Waals surface area contributed by atoms with Crippen LogP contribution in [0.3, 0.4) is 0 Å². The van der Waals surface area contributed by atoms with Crippen LogP contribution in [0.15, 0.2) is 30.3 Å². The largest absolute Gasteiger partial charge is 0.493 e. The standard InChI is InChI=1S/C25H27F2N3O4S/c1-35(32,33)29-25(31)21-11-20(18-3-4-18)24(12-23(21)27)34-15-16-6-8-30(9-7-16)14-17-2-5-22(26)19(10-17)13-28/h2,5,10-12,16,18H,3-4,6-9,14-15H2,1H3,(H,29,31). The molecule has 2 aromatic carbocycles. The Balaban J connectivity index is 1.35. The number of hydrogen-bond acceptors (Lipinski definition) is 6. The first-order valence-corrected chi connectivity index (χ1v) is 13.4. The number of amides is 1. The molecule has 0 aromatic heterocycles. The summed E-state index contributed by atoms with van der Waals surface area (Å²) in [7, 11) is -3.80. The van der Waals surface area contributed by atoms with Gasteiger partial charge in [0.25, 0.3) is 5.91 Å². The minimum atomic E-state index is -3.80. The average Bonchev–Trinajstić information content (AvgIpc) is 3.64. The van der Waals surface area contributed by atoms with Crippen LogP contribution in [0, 0.1) is 28.9 Å². The fraction of sp³-hybridized carbons (Fsp3) is 0.440. The topological polar surface area (TPSA) is 99.5 Å². The van der Waals surface area contributed by atoms with E-state index in [1.54, 1.807) is 12.1 Å². The number of nitrogens with one attached hydrogen (secondary N) is 1. The molecule has 1 saturated carbocycles. The highest BCUT2D eigenvalue weighted by Crippen LogP contribution is 2.45. The van der Waals surface area contributed by atoms with Gasteiger partial charge in [0.15, 0.2) is 0 Å². The molecule has 1 saturated heterocycles. The predicted molar refractivity (Wildman–Crippen MR) is 125 cm³/mol. The van der Waals surface area contributed by atoms with Crippen LogP contribution in [0.4, 0.5) is 8.78 Å². The highest BCUT2D eigenvalue weighted by atomic mass is 32.2. The zero-order valence-corrected chi connectivity index (χ0v) is 20.2. The first-order chi connectivity index (χ1) is 16.6. The molecule has 2 fully saturated rings. The van der Waals surface area contributed by atoms with Crippen molar-refractivity contribution >= 4 is 15.9 Å². The summed E-state index contributed by atoms with van der Waals surface area (Å²) in [4.78, 5) is 14.4. The van der Waals surface area contributed by atoms with Crippen LogP contribution >= 0.6 is 0 Å². The van der Waals surface area contributed by atoms with Crippen LogP contribution in [-0.4, -0.2) is 45.2 Å². The summed E-state index contributed by atoms with van der Waals surface area (Å²) in [5.41, 5.74) is 1.36. The van der Waals surface area contributed by atoms with E-state index >= 15 is 0 Å². The minimum Gasteiger partial charge on any atom is -0.493 e. The summed E-state index contributed by atoms with van der Waals surface area (Å²) in [6.45, 7) is 2.69. The third-order valence-electron chi connectivity index (χ3n) is 6.38. The van der Waals surface area contributed by atoms with Crippen molar-refractivity contribution in [2.24, 2.45) is 5.92 Å². The van der Waals surface area contributed by atoms with Crippen molar-refractivity contribution in [1.82, 2.24) is 9.62 Å². The third kappa shape index (κ3) is 6.55. The normalized spacial score (nSPS) is 17.1. The molecule has 1 aliphatic carbocycles. The van der Waals surface area contributed by atoms with Crippen LogP contribution in [0.25, 0.3) is 0 Å². The SMILES string of the molecule is CS(=O)(=O)NC(=O)c1cc(C2CC2)c(OCC2CCN(Cc3ccc(F)c(C#N)c3)CC2)cc1F. The van der Waals surface area contributed by atoms with Gasteiger partial charge in [0, 0.05) is 12.6 Å². The fourth-order valence-electron chi connectivity index (χ4n) is 4.34. The molecular formula is C25H27F2N3O4S. The van der Waals surface area contributed by atoms with Crippen molar-refractivity contribution in [2.75, 3.05) is 26.0 Å². The number of halogens is 2. The zero-order chi connectivity index (χ0) is 25.2. The summed E-state index contributed by atoms with van der Waals surface area (Å²) < 4.78 is 58.7. The molecule has 1 heterocycles. The molecule has 35 heavy (non-hydrogen) atoms. The van der Waals surface area contributed by atoms with Crippen LogP contribution in [-0.2, 0) is 16.6 Å². The number of rotatable bonds is 8. The lowest BCUT2D eigenvalue weighted by Crippen LogP contribution is -2.35. The molecule has 1 amide bonds. The van der Waals surface area contributed by atoms with Gasteiger partial charge in [0.2, 0.25) is 10.0 Å². The van der Waals surface area contributed by atoms with Gasteiger partial charge in [-0.1, -0.05) is 6.07 Å². The monoisotopic (exact) mass is 503 g/mol. The molecule has 0 spiro atoms. The molecule has 0 unspecified atom stereocenters. The molecule has 186 valence electrons. The van der Waals surface area contributed by atoms with Gasteiger partial charge in [-0.15, -0.1) is 0 Å². The summed E-state index contributed by atoms with van der Waals surface area (Å²) in [5.74, 6) is -1.48. The van der Waals surface area contributed by atoms with Crippen molar-refractivity contribution in [2.45, 2.75) is 38.1 Å². The fourth-order valence-corrected chi connectivity index (χ4v) is 4.79. The van der Waals surface area contributed by atoms with Gasteiger partial charge in [0.1, 0.15) is 23.5 Å². The smallest absolute Gasteiger partial charge is 0.267 e. The van der Waals surface area contributed by atoms with E-state index in [0.29, 0.717) is 18.9 Å². The molecular weight excluding hydrogens is 476 g/mol. The number of sulfonamides is 1. The van der Waals surface area contributed by atoms with E-state index in [-0.39, 0.29) is 23.0 Å². The molecule has 1 N–H and O–H groups in total. The van der Waals surface area contributed by atoms with Crippen LogP contribution < -0.4 is 9.46 Å². The lowest BCUT2D eigenvalue weighted by atomic mass is 9.97. The van der Waals surface area contributed by atoms with Gasteiger partial charge in [-0.3, -0.25) is 9.69 Å². The Morgan fingerprint density at radius 1 is 1.14 bits per heavy atom. The Kier molecular flexibility index (Phi) is 7.38. The number of piperidine rings is 1. The van der Waals surface area contributed by atoms with Gasteiger partial charge < -0.3 is 4.74 Å². The number of hydrogen-bond donors (Lipinski definition) is 1. The maximum atomic E-state index is 14.7. The van der Waals surface area contributed by atoms with Crippen molar-refractivity contribution in [3.63, 3.8) is 0 Å². The molecule has 2 aromatic rings. The number of nitriles is 1. The van der Waals surface area contributed by atoms with E-state index in [1.165, 1.54) is 18.2 Å². The summed E-state index contributed by atoms with van der Waals surface area (Å²) in [6.07, 6.45) is 4.41. The average molecular weight is 504 g/mol. The van der Waals surface area contributed by atoms with E-state index in [4.69, 9.17) is 10.00 Å². The quantitative estimate of drug-likeness (QED) is 0.590. The second-order valence-corrected chi connectivity index (χ2v) is 11.1. The lowest BCUT2D eigenvalue weighted by Gasteiger charge is -2.32. The number of benzene rings is 2. The molecule has 1 aliphatic heterocycles. The third-order valence-corrected chi connectivity index (χ3v) is 6.93. The van der Waals surface area contributed by atoms with Crippen LogP contribution in [0.2, 0.25) is 0 Å². The summed E-state index contributed by atoms with van der Waals surface area (Å²) in [6, 6.07) is 9.05. The summed E-state index contributed by atoms with van der Waals surface area (Å²) in [5, 5.41) is 9.01. The van der Waals surface area contributed by atoms with Crippen molar-refractivity contribution in [3.05, 3.63) is 64.2 Å². The van der Waals surface area contributed by atoms with Crippen LogP contribution in [0.1, 0.15) is 58.6 Å². The Bertz CT molecular complexity index is 1260. The first kappa shape index (κ1) is 25.1. The summed E-state index contributed by atoms with van der Waals surface area (Å²) >= 11 is 0. The Labute approximate surface area is 203 Å². The molecule has 2 aliphatic rings. The van der Waals surface area contributed by atoms with Gasteiger partial charge in [-0.2, -0.15) is 5.26 Å². The van der Waals surface area contributed by atoms with Gasteiger partial charge in [-0.05, 0) is 79.9 Å². The van der Waals surface area contributed by atoms with E-state index in [1.807, 2.05) is 10.8 Å². The van der Waals surface area contributed by atoms with Gasteiger partial charge >= 0.3 is 0 Å². The van der Waals surface area contributed by atoms with Crippen molar-refractivity contribution < 1.29 is 26.7 Å². The van der Waals surface area contributed by atoms with Gasteiger partial charge in [0.05, 0.1) is 24.0 Å². The molecule has 0 bridgehead atoms. The molecule has 0 radical (unpaired) electrons. The van der Waals surface area contributed by atoms with Crippen molar-refractivity contribution in [1.29, 1.82) is 5.26 Å². The minimum absolute atomic E-state index is 0.0457. The maximum absolute atomic E-state index is 14.7. The molecule has 10 heteroatoms. The van der Waals surface area contributed by atoms with E-state index < -0.39 is 27.6 Å². The molecule has 0 atom stereocenters. The predicted octanol–water partition coefficient (Wildman–Crippen LogP) is 3.69. The number of ether oxygens (including phenoxy) is 1. The van der Waals surface area contributed by atoms with Gasteiger partial charge in [-0.25, -0.2) is 21.9 Å². The second-order valence-electron chi connectivity index (χ2n) is 9.30. The molecule has 4 rings (SSSR count). The highest BCUT2D eigenvalue weighted by molar-refractivity contribution is 7.89. The lowest BCUT2D eigenvalue weighted by molar-refractivity contribution is 0.0977. The Morgan fingerprint density at radius 2 is 1.86 bits per heavy atom.